The summed E-state index contributed by atoms with van der Waals surface area (Å²) >= 11 is 5.71. The molecule has 0 aliphatic carbocycles. The van der Waals surface area contributed by atoms with Crippen molar-refractivity contribution < 1.29 is 9.90 Å². The predicted octanol–water partition coefficient (Wildman–Crippen LogP) is 5.62. The van der Waals surface area contributed by atoms with Gasteiger partial charge in [-0.15, -0.1) is 0 Å². The van der Waals surface area contributed by atoms with Gasteiger partial charge >= 0.3 is 0 Å². The number of carbonyl (C=O) groups is 1. The van der Waals surface area contributed by atoms with E-state index >= 15 is 0 Å². The average molecular weight is 488 g/mol. The molecule has 5 heteroatoms. The fourth-order valence-electron chi connectivity index (χ4n) is 2.31. The summed E-state index contributed by atoms with van der Waals surface area (Å²) in [4.78, 5) is 12.7. The number of anilines is 1. The number of halogens is 2. The van der Waals surface area contributed by atoms with Crippen LogP contribution in [-0.4, -0.2) is 11.0 Å². The monoisotopic (exact) mass is 487 g/mol. The zero-order valence-corrected chi connectivity index (χ0v) is 17.2. The highest BCUT2D eigenvalue weighted by Crippen LogP contribution is 2.38. The van der Waals surface area contributed by atoms with E-state index in [4.69, 9.17) is 0 Å². The van der Waals surface area contributed by atoms with Gasteiger partial charge in [-0.25, -0.2) is 0 Å². The Bertz CT molecular complexity index is 749. The van der Waals surface area contributed by atoms with Gasteiger partial charge in [0, 0.05) is 19.3 Å². The van der Waals surface area contributed by atoms with Crippen molar-refractivity contribution in [2.24, 2.45) is 0 Å². The lowest BCUT2D eigenvalue weighted by molar-refractivity contribution is 0.102. The molecule has 2 aromatic carbocycles. The first-order valence-corrected chi connectivity index (χ1v) is 9.08. The molecule has 0 aliphatic rings. The molecule has 0 unspecified atom stereocenters. The standard InChI is InChI=1S/C18H19BrINO2/c1-10-14(19)9-13(18(2,3)4)16(22)15(10)17(23)21-12-7-5-11(20)6-8-12/h5-9,22H,1-4H3,(H,21,23). The van der Waals surface area contributed by atoms with E-state index in [-0.39, 0.29) is 17.1 Å². The van der Waals surface area contributed by atoms with Crippen molar-refractivity contribution in [3.8, 4) is 5.75 Å². The second-order valence-electron chi connectivity index (χ2n) is 6.47. The molecule has 2 rings (SSSR count). The average Bonchev–Trinajstić information content (AvgIpc) is 2.44. The summed E-state index contributed by atoms with van der Waals surface area (Å²) in [6.07, 6.45) is 0. The molecule has 0 fully saturated rings. The number of benzene rings is 2. The fraction of sp³-hybridized carbons (Fsp3) is 0.278. The van der Waals surface area contributed by atoms with E-state index < -0.39 is 0 Å². The lowest BCUT2D eigenvalue weighted by Gasteiger charge is -2.23. The van der Waals surface area contributed by atoms with E-state index in [1.807, 2.05) is 58.0 Å². The summed E-state index contributed by atoms with van der Waals surface area (Å²) in [6, 6.07) is 9.41. The van der Waals surface area contributed by atoms with Gasteiger partial charge in [-0.2, -0.15) is 0 Å². The molecule has 0 bridgehead atoms. The Morgan fingerprint density at radius 1 is 1.22 bits per heavy atom. The first kappa shape index (κ1) is 18.3. The third-order valence-corrected chi connectivity index (χ3v) is 5.18. The number of phenolic OH excluding ortho intramolecular Hbond substituents is 1. The molecule has 0 aliphatic heterocycles. The van der Waals surface area contributed by atoms with Gasteiger partial charge in [-0.3, -0.25) is 4.79 Å². The Labute approximate surface area is 158 Å². The van der Waals surface area contributed by atoms with Crippen LogP contribution in [0.4, 0.5) is 5.69 Å². The van der Waals surface area contributed by atoms with Crippen LogP contribution < -0.4 is 5.32 Å². The predicted molar refractivity (Wildman–Crippen MR) is 106 cm³/mol. The summed E-state index contributed by atoms with van der Waals surface area (Å²) in [7, 11) is 0. The number of nitrogens with one attached hydrogen (secondary N) is 1. The molecule has 0 radical (unpaired) electrons. The Hall–Kier alpha value is -1.08. The Morgan fingerprint density at radius 2 is 1.78 bits per heavy atom. The van der Waals surface area contributed by atoms with Gasteiger partial charge in [0.05, 0.1) is 5.56 Å². The molecule has 2 N–H and O–H groups in total. The van der Waals surface area contributed by atoms with Crippen LogP contribution in [0.15, 0.2) is 34.8 Å². The van der Waals surface area contributed by atoms with Crippen molar-refractivity contribution in [1.82, 2.24) is 0 Å². The molecule has 0 saturated carbocycles. The molecule has 0 saturated heterocycles. The Balaban J connectivity index is 2.47. The molecule has 1 amide bonds. The van der Waals surface area contributed by atoms with Gasteiger partial charge in [0.15, 0.2) is 0 Å². The van der Waals surface area contributed by atoms with E-state index in [1.165, 1.54) is 0 Å². The second-order valence-corrected chi connectivity index (χ2v) is 8.57. The maximum Gasteiger partial charge on any atom is 0.259 e. The molecular weight excluding hydrogens is 469 g/mol. The molecular formula is C18H19BrINO2. The largest absolute Gasteiger partial charge is 0.507 e. The smallest absolute Gasteiger partial charge is 0.259 e. The van der Waals surface area contributed by atoms with Gasteiger partial charge in [-0.05, 0) is 70.8 Å². The molecule has 2 aromatic rings. The highest BCUT2D eigenvalue weighted by atomic mass is 127. The SMILES string of the molecule is Cc1c(Br)cc(C(C)(C)C)c(O)c1C(=O)Nc1ccc(I)cc1. The number of phenols is 1. The van der Waals surface area contributed by atoms with Crippen molar-refractivity contribution in [1.29, 1.82) is 0 Å². The van der Waals surface area contributed by atoms with E-state index in [9.17, 15) is 9.90 Å². The number of amides is 1. The van der Waals surface area contributed by atoms with Gasteiger partial charge in [-0.1, -0.05) is 36.7 Å². The van der Waals surface area contributed by atoms with Crippen LogP contribution in [0.1, 0.15) is 42.3 Å². The van der Waals surface area contributed by atoms with Crippen LogP contribution in [0, 0.1) is 10.5 Å². The summed E-state index contributed by atoms with van der Waals surface area (Å²) in [5.41, 5.74) is 2.20. The van der Waals surface area contributed by atoms with Crippen LogP contribution in [0.25, 0.3) is 0 Å². The maximum absolute atomic E-state index is 12.7. The Morgan fingerprint density at radius 3 is 2.30 bits per heavy atom. The molecule has 23 heavy (non-hydrogen) atoms. The second kappa shape index (κ2) is 6.81. The molecule has 122 valence electrons. The number of hydrogen-bond donors (Lipinski definition) is 2. The van der Waals surface area contributed by atoms with Crippen LogP contribution in [0.3, 0.4) is 0 Å². The van der Waals surface area contributed by atoms with Crippen molar-refractivity contribution >= 4 is 50.1 Å². The van der Waals surface area contributed by atoms with Crippen molar-refractivity contribution in [3.05, 3.63) is 55.1 Å². The van der Waals surface area contributed by atoms with Crippen molar-refractivity contribution in [2.45, 2.75) is 33.1 Å². The lowest BCUT2D eigenvalue weighted by Crippen LogP contribution is -2.18. The zero-order valence-electron chi connectivity index (χ0n) is 13.5. The molecule has 0 heterocycles. The van der Waals surface area contributed by atoms with E-state index in [2.05, 4.69) is 43.8 Å². The van der Waals surface area contributed by atoms with Gasteiger partial charge in [0.1, 0.15) is 5.75 Å². The third-order valence-electron chi connectivity index (χ3n) is 3.63. The van der Waals surface area contributed by atoms with Gasteiger partial charge in [0.2, 0.25) is 0 Å². The minimum atomic E-state index is -0.312. The summed E-state index contributed by atoms with van der Waals surface area (Å²) in [5.74, 6) is -0.269. The molecule has 0 atom stereocenters. The van der Waals surface area contributed by atoms with E-state index in [1.54, 1.807) is 0 Å². The van der Waals surface area contributed by atoms with Crippen LogP contribution in [0.2, 0.25) is 0 Å². The van der Waals surface area contributed by atoms with Crippen LogP contribution >= 0.6 is 38.5 Å². The van der Waals surface area contributed by atoms with Crippen LogP contribution in [0.5, 0.6) is 5.75 Å². The fourth-order valence-corrected chi connectivity index (χ4v) is 3.10. The van der Waals surface area contributed by atoms with Gasteiger partial charge in [0.25, 0.3) is 5.91 Å². The first-order chi connectivity index (χ1) is 10.6. The summed E-state index contributed by atoms with van der Waals surface area (Å²) in [5, 5.41) is 13.5. The minimum absolute atomic E-state index is 0.0428. The van der Waals surface area contributed by atoms with Crippen LogP contribution in [-0.2, 0) is 5.41 Å². The number of hydrogen-bond acceptors (Lipinski definition) is 2. The molecule has 0 spiro atoms. The lowest BCUT2D eigenvalue weighted by atomic mass is 9.84. The van der Waals surface area contributed by atoms with Crippen molar-refractivity contribution in [3.63, 3.8) is 0 Å². The third kappa shape index (κ3) is 4.07. The number of carbonyl (C=O) groups excluding carboxylic acids is 1. The topological polar surface area (TPSA) is 49.3 Å². The summed E-state index contributed by atoms with van der Waals surface area (Å²) < 4.78 is 1.91. The normalized spacial score (nSPS) is 11.4. The Kier molecular flexibility index (Phi) is 5.41. The molecule has 0 aromatic heterocycles. The highest BCUT2D eigenvalue weighted by molar-refractivity contribution is 14.1. The number of rotatable bonds is 2. The van der Waals surface area contributed by atoms with E-state index in [0.29, 0.717) is 11.3 Å². The first-order valence-electron chi connectivity index (χ1n) is 7.20. The number of aromatic hydroxyl groups is 1. The van der Waals surface area contributed by atoms with Crippen molar-refractivity contribution in [2.75, 3.05) is 5.32 Å². The van der Waals surface area contributed by atoms with E-state index in [0.717, 1.165) is 19.2 Å². The quantitative estimate of drug-likeness (QED) is 0.540. The van der Waals surface area contributed by atoms with Gasteiger partial charge < -0.3 is 10.4 Å². The minimum Gasteiger partial charge on any atom is -0.507 e. The summed E-state index contributed by atoms with van der Waals surface area (Å²) in [6.45, 7) is 7.83. The molecule has 3 nitrogen and oxygen atoms in total. The highest BCUT2D eigenvalue weighted by Gasteiger charge is 2.26. The maximum atomic E-state index is 12.7. The zero-order chi connectivity index (χ0) is 17.4.